The van der Waals surface area contributed by atoms with E-state index in [1.165, 1.54) is 24.0 Å². The normalized spacial score (nSPS) is 13.6. The Hall–Kier alpha value is -2.85. The van der Waals surface area contributed by atoms with Crippen molar-refractivity contribution in [1.82, 2.24) is 9.88 Å². The molecule has 0 radical (unpaired) electrons. The van der Waals surface area contributed by atoms with E-state index in [-0.39, 0.29) is 0 Å². The van der Waals surface area contributed by atoms with Crippen LogP contribution in [0.15, 0.2) is 73.1 Å². The van der Waals surface area contributed by atoms with Gasteiger partial charge in [0.2, 0.25) is 0 Å². The molecular formula is C23H24N2O2. The molecule has 1 fully saturated rings. The summed E-state index contributed by atoms with van der Waals surface area (Å²) in [5.41, 5.74) is 2.50. The van der Waals surface area contributed by atoms with E-state index in [2.05, 4.69) is 34.1 Å². The zero-order chi connectivity index (χ0) is 18.5. The molecule has 0 amide bonds. The van der Waals surface area contributed by atoms with E-state index in [0.29, 0.717) is 6.04 Å². The zero-order valence-electron chi connectivity index (χ0n) is 15.5. The fourth-order valence-electron chi connectivity index (χ4n) is 3.21. The van der Waals surface area contributed by atoms with Crippen molar-refractivity contribution in [3.63, 3.8) is 0 Å². The van der Waals surface area contributed by atoms with Gasteiger partial charge in [-0.25, -0.2) is 0 Å². The van der Waals surface area contributed by atoms with Crippen LogP contribution < -0.4 is 9.47 Å². The highest BCUT2D eigenvalue weighted by molar-refractivity contribution is 5.37. The van der Waals surface area contributed by atoms with Gasteiger partial charge in [-0.1, -0.05) is 30.3 Å². The average molecular weight is 360 g/mol. The monoisotopic (exact) mass is 360 g/mol. The summed E-state index contributed by atoms with van der Waals surface area (Å²) in [5.74, 6) is 2.55. The Morgan fingerprint density at radius 2 is 1.74 bits per heavy atom. The Bertz CT molecular complexity index is 861. The topological polar surface area (TPSA) is 34.6 Å². The van der Waals surface area contributed by atoms with Crippen LogP contribution in [-0.4, -0.2) is 23.0 Å². The summed E-state index contributed by atoms with van der Waals surface area (Å²) in [5, 5.41) is 0. The molecule has 1 saturated carbocycles. The Labute approximate surface area is 160 Å². The molecule has 2 aromatic carbocycles. The average Bonchev–Trinajstić information content (AvgIpc) is 3.56. The van der Waals surface area contributed by atoms with Gasteiger partial charge in [0.15, 0.2) is 0 Å². The summed E-state index contributed by atoms with van der Waals surface area (Å²) in [6.07, 6.45) is 6.03. The number of pyridine rings is 1. The minimum Gasteiger partial charge on any atom is -0.497 e. The maximum absolute atomic E-state index is 6.09. The predicted octanol–water partition coefficient (Wildman–Crippen LogP) is 5.05. The van der Waals surface area contributed by atoms with Crippen molar-refractivity contribution in [2.75, 3.05) is 7.11 Å². The maximum atomic E-state index is 6.09. The minimum absolute atomic E-state index is 0.651. The summed E-state index contributed by atoms with van der Waals surface area (Å²) in [4.78, 5) is 6.67. The number of methoxy groups -OCH3 is 1. The lowest BCUT2D eigenvalue weighted by Crippen LogP contribution is -2.25. The quantitative estimate of drug-likeness (QED) is 0.563. The maximum Gasteiger partial charge on any atom is 0.145 e. The standard InChI is InChI=1S/C23H24N2O2/c1-26-21-12-8-18(9-13-21)16-25(20-10-11-20)17-19-5-2-3-7-23(19)27-22-6-4-14-24-15-22/h2-9,12-15,20H,10-11,16-17H2,1H3. The number of aromatic nitrogens is 1. The SMILES string of the molecule is COc1ccc(CN(Cc2ccccc2Oc2cccnc2)C2CC2)cc1. The van der Waals surface area contributed by atoms with Crippen molar-refractivity contribution in [3.8, 4) is 17.2 Å². The third-order valence-corrected chi connectivity index (χ3v) is 4.82. The molecule has 27 heavy (non-hydrogen) atoms. The number of rotatable bonds is 8. The first-order valence-electron chi connectivity index (χ1n) is 9.34. The van der Waals surface area contributed by atoms with Crippen LogP contribution in [0.4, 0.5) is 0 Å². The van der Waals surface area contributed by atoms with Crippen LogP contribution in [0.25, 0.3) is 0 Å². The lowest BCUT2D eigenvalue weighted by atomic mass is 10.1. The van der Waals surface area contributed by atoms with Crippen LogP contribution in [0.2, 0.25) is 0 Å². The zero-order valence-corrected chi connectivity index (χ0v) is 15.5. The van der Waals surface area contributed by atoms with Gasteiger partial charge < -0.3 is 9.47 Å². The molecule has 1 heterocycles. The van der Waals surface area contributed by atoms with Gasteiger partial charge in [-0.3, -0.25) is 9.88 Å². The van der Waals surface area contributed by atoms with Crippen LogP contribution in [0.1, 0.15) is 24.0 Å². The summed E-state index contributed by atoms with van der Waals surface area (Å²) < 4.78 is 11.4. The molecule has 138 valence electrons. The molecule has 0 saturated heterocycles. The molecule has 0 atom stereocenters. The fraction of sp³-hybridized carbons (Fsp3) is 0.261. The van der Waals surface area contributed by atoms with Crippen LogP contribution in [0, 0.1) is 0 Å². The predicted molar refractivity (Wildman–Crippen MR) is 106 cm³/mol. The number of hydrogen-bond acceptors (Lipinski definition) is 4. The molecule has 1 aliphatic rings. The summed E-state index contributed by atoms with van der Waals surface area (Å²) in [7, 11) is 1.70. The number of hydrogen-bond donors (Lipinski definition) is 0. The number of nitrogens with zero attached hydrogens (tertiary/aromatic N) is 2. The van der Waals surface area contributed by atoms with Crippen molar-refractivity contribution in [1.29, 1.82) is 0 Å². The number of para-hydroxylation sites is 1. The van der Waals surface area contributed by atoms with Gasteiger partial charge in [0, 0.05) is 30.9 Å². The van der Waals surface area contributed by atoms with Gasteiger partial charge in [-0.05, 0) is 48.7 Å². The van der Waals surface area contributed by atoms with E-state index in [9.17, 15) is 0 Å². The van der Waals surface area contributed by atoms with Crippen LogP contribution in [0.5, 0.6) is 17.2 Å². The highest BCUT2D eigenvalue weighted by atomic mass is 16.5. The van der Waals surface area contributed by atoms with Gasteiger partial charge in [0.1, 0.15) is 17.2 Å². The smallest absolute Gasteiger partial charge is 0.145 e. The molecule has 0 spiro atoms. The Morgan fingerprint density at radius 3 is 2.44 bits per heavy atom. The van der Waals surface area contributed by atoms with Crippen molar-refractivity contribution >= 4 is 0 Å². The Kier molecular flexibility index (Phi) is 5.35. The van der Waals surface area contributed by atoms with E-state index in [0.717, 1.165) is 30.3 Å². The Morgan fingerprint density at radius 1 is 0.926 bits per heavy atom. The number of benzene rings is 2. The molecule has 3 aromatic rings. The van der Waals surface area contributed by atoms with Gasteiger partial charge in [0.05, 0.1) is 13.3 Å². The lowest BCUT2D eigenvalue weighted by Gasteiger charge is -2.23. The number of ether oxygens (including phenoxy) is 2. The molecule has 0 aliphatic heterocycles. The first-order chi connectivity index (χ1) is 13.3. The molecule has 4 heteroatoms. The van der Waals surface area contributed by atoms with Crippen molar-refractivity contribution in [2.45, 2.75) is 32.0 Å². The summed E-state index contributed by atoms with van der Waals surface area (Å²) in [6.45, 7) is 1.79. The lowest BCUT2D eigenvalue weighted by molar-refractivity contribution is 0.243. The second kappa shape index (κ2) is 8.23. The van der Waals surface area contributed by atoms with Gasteiger partial charge in [0.25, 0.3) is 0 Å². The van der Waals surface area contributed by atoms with E-state index in [4.69, 9.17) is 9.47 Å². The van der Waals surface area contributed by atoms with E-state index in [1.807, 2.05) is 36.4 Å². The molecular weight excluding hydrogens is 336 g/mol. The molecule has 0 N–H and O–H groups in total. The first kappa shape index (κ1) is 17.6. The van der Waals surface area contributed by atoms with Crippen LogP contribution >= 0.6 is 0 Å². The van der Waals surface area contributed by atoms with Gasteiger partial charge >= 0.3 is 0 Å². The molecule has 1 aromatic heterocycles. The molecule has 4 rings (SSSR count). The third-order valence-electron chi connectivity index (χ3n) is 4.82. The van der Waals surface area contributed by atoms with E-state index >= 15 is 0 Å². The van der Waals surface area contributed by atoms with Crippen molar-refractivity contribution < 1.29 is 9.47 Å². The summed E-state index contributed by atoms with van der Waals surface area (Å²) in [6, 6.07) is 21.1. The fourth-order valence-corrected chi connectivity index (χ4v) is 3.21. The Balaban J connectivity index is 1.50. The third kappa shape index (κ3) is 4.66. The molecule has 0 bridgehead atoms. The van der Waals surface area contributed by atoms with E-state index in [1.54, 1.807) is 19.5 Å². The summed E-state index contributed by atoms with van der Waals surface area (Å²) >= 11 is 0. The first-order valence-corrected chi connectivity index (χ1v) is 9.34. The van der Waals surface area contributed by atoms with Gasteiger partial charge in [-0.15, -0.1) is 0 Å². The molecule has 1 aliphatic carbocycles. The van der Waals surface area contributed by atoms with Crippen molar-refractivity contribution in [2.24, 2.45) is 0 Å². The second-order valence-electron chi connectivity index (χ2n) is 6.88. The minimum atomic E-state index is 0.651. The van der Waals surface area contributed by atoms with Gasteiger partial charge in [-0.2, -0.15) is 0 Å². The molecule has 4 nitrogen and oxygen atoms in total. The van der Waals surface area contributed by atoms with Crippen molar-refractivity contribution in [3.05, 3.63) is 84.2 Å². The second-order valence-corrected chi connectivity index (χ2v) is 6.88. The van der Waals surface area contributed by atoms with Crippen LogP contribution in [0.3, 0.4) is 0 Å². The highest BCUT2D eigenvalue weighted by Gasteiger charge is 2.29. The van der Waals surface area contributed by atoms with E-state index < -0.39 is 0 Å². The highest BCUT2D eigenvalue weighted by Crippen LogP contribution is 2.33. The van der Waals surface area contributed by atoms with Crippen LogP contribution in [-0.2, 0) is 13.1 Å². The largest absolute Gasteiger partial charge is 0.497 e. The molecule has 0 unspecified atom stereocenters.